The minimum atomic E-state index is -0.232. The van der Waals surface area contributed by atoms with Crippen LogP contribution >= 0.6 is 11.3 Å². The number of carbonyl (C=O) groups excluding carboxylic acids is 1. The summed E-state index contributed by atoms with van der Waals surface area (Å²) >= 11 is 1.72. The van der Waals surface area contributed by atoms with Crippen molar-refractivity contribution in [2.45, 2.75) is 33.7 Å². The molecule has 8 nitrogen and oxygen atoms in total. The molecule has 0 aliphatic carbocycles. The third-order valence-electron chi connectivity index (χ3n) is 5.44. The lowest BCUT2D eigenvalue weighted by Gasteiger charge is -2.13. The zero-order chi connectivity index (χ0) is 23.1. The number of thiophene rings is 1. The summed E-state index contributed by atoms with van der Waals surface area (Å²) in [6.07, 6.45) is 5.06. The third kappa shape index (κ3) is 3.80. The molecule has 0 aliphatic rings. The number of aryl methyl sites for hydroxylation is 2. The number of amides is 1. The average Bonchev–Trinajstić information content (AvgIpc) is 3.53. The second-order valence-electron chi connectivity index (χ2n) is 8.12. The van der Waals surface area contributed by atoms with Gasteiger partial charge in [0.15, 0.2) is 5.65 Å². The molecule has 4 heterocycles. The van der Waals surface area contributed by atoms with Crippen molar-refractivity contribution in [2.75, 3.05) is 5.32 Å². The van der Waals surface area contributed by atoms with Gasteiger partial charge in [-0.3, -0.25) is 4.79 Å². The van der Waals surface area contributed by atoms with Crippen molar-refractivity contribution < 1.29 is 4.79 Å². The van der Waals surface area contributed by atoms with E-state index in [9.17, 15) is 4.79 Å². The second kappa shape index (κ2) is 8.25. The van der Waals surface area contributed by atoms with Crippen LogP contribution in [0.1, 0.15) is 40.0 Å². The number of hydrogen-bond donors (Lipinski definition) is 1. The first-order chi connectivity index (χ1) is 15.9. The van der Waals surface area contributed by atoms with Crippen molar-refractivity contribution in [1.29, 1.82) is 0 Å². The molecule has 166 valence electrons. The zero-order valence-corrected chi connectivity index (χ0v) is 19.6. The molecule has 0 saturated carbocycles. The van der Waals surface area contributed by atoms with Gasteiger partial charge in [0.2, 0.25) is 0 Å². The van der Waals surface area contributed by atoms with Gasteiger partial charge >= 0.3 is 0 Å². The fourth-order valence-corrected chi connectivity index (χ4v) is 4.85. The highest BCUT2D eigenvalue weighted by Gasteiger charge is 2.21. The first-order valence-electron chi connectivity index (χ1n) is 10.6. The highest BCUT2D eigenvalue weighted by molar-refractivity contribution is 7.12. The van der Waals surface area contributed by atoms with E-state index < -0.39 is 0 Å². The molecule has 0 unspecified atom stereocenters. The number of benzene rings is 1. The molecule has 1 amide bonds. The van der Waals surface area contributed by atoms with E-state index in [-0.39, 0.29) is 11.9 Å². The number of aromatic nitrogens is 6. The predicted molar refractivity (Wildman–Crippen MR) is 130 cm³/mol. The summed E-state index contributed by atoms with van der Waals surface area (Å²) < 4.78 is 3.48. The van der Waals surface area contributed by atoms with Gasteiger partial charge in [-0.15, -0.1) is 16.4 Å². The first kappa shape index (κ1) is 21.0. The van der Waals surface area contributed by atoms with E-state index in [0.717, 1.165) is 21.8 Å². The van der Waals surface area contributed by atoms with Gasteiger partial charge in [-0.2, -0.15) is 5.10 Å². The Morgan fingerprint density at radius 1 is 1.15 bits per heavy atom. The van der Waals surface area contributed by atoms with E-state index in [1.165, 1.54) is 4.88 Å². The molecule has 5 aromatic rings. The lowest BCUT2D eigenvalue weighted by atomic mass is 10.1. The van der Waals surface area contributed by atoms with Crippen LogP contribution in [-0.2, 0) is 0 Å². The van der Waals surface area contributed by atoms with Crippen LogP contribution in [0.25, 0.3) is 28.0 Å². The molecule has 0 aliphatic heterocycles. The monoisotopic (exact) mass is 457 g/mol. The summed E-state index contributed by atoms with van der Waals surface area (Å²) in [5, 5.41) is 16.2. The number of fused-ring (bicyclic) bond motifs is 1. The van der Waals surface area contributed by atoms with Crippen LogP contribution in [0.2, 0.25) is 0 Å². The number of rotatable bonds is 5. The Balaban J connectivity index is 1.64. The zero-order valence-electron chi connectivity index (χ0n) is 18.8. The Labute approximate surface area is 194 Å². The molecule has 0 saturated heterocycles. The molecule has 5 rings (SSSR count). The highest BCUT2D eigenvalue weighted by Crippen LogP contribution is 2.33. The van der Waals surface area contributed by atoms with Crippen LogP contribution in [0.15, 0.2) is 55.0 Å². The highest BCUT2D eigenvalue weighted by atomic mass is 32.1. The molecule has 0 fully saturated rings. The Morgan fingerprint density at radius 2 is 1.97 bits per heavy atom. The van der Waals surface area contributed by atoms with E-state index in [2.05, 4.69) is 54.5 Å². The largest absolute Gasteiger partial charge is 0.320 e. The van der Waals surface area contributed by atoms with Crippen molar-refractivity contribution in [3.8, 4) is 16.9 Å². The van der Waals surface area contributed by atoms with Crippen LogP contribution in [0.3, 0.4) is 0 Å². The summed E-state index contributed by atoms with van der Waals surface area (Å²) in [4.78, 5) is 20.9. The van der Waals surface area contributed by atoms with Gasteiger partial charge in [-0.1, -0.05) is 17.3 Å². The lowest BCUT2D eigenvalue weighted by Crippen LogP contribution is -2.15. The Hall–Kier alpha value is -3.85. The van der Waals surface area contributed by atoms with E-state index in [1.807, 2.05) is 35.0 Å². The Morgan fingerprint density at radius 3 is 2.67 bits per heavy atom. The molecule has 0 spiro atoms. The quantitative estimate of drug-likeness (QED) is 0.392. The van der Waals surface area contributed by atoms with Gasteiger partial charge in [0.25, 0.3) is 5.91 Å². The normalized spacial score (nSPS) is 11.4. The van der Waals surface area contributed by atoms with Gasteiger partial charge in [0.1, 0.15) is 0 Å². The summed E-state index contributed by atoms with van der Waals surface area (Å²) in [5.41, 5.74) is 4.39. The standard InChI is InChI=1S/C24H23N7OS/c1-14(2)31-23-19(13-26-31)18(12-21(27-23)17-11-15(3)33-16(17)4)24(32)28-20-7-5-6-8-22(20)30-10-9-25-29-30/h5-14H,1-4H3,(H,28,32). The van der Waals surface area contributed by atoms with Gasteiger partial charge in [0.05, 0.1) is 46.6 Å². The Bertz CT molecular complexity index is 1460. The summed E-state index contributed by atoms with van der Waals surface area (Å²) in [6.45, 7) is 8.25. The topological polar surface area (TPSA) is 90.5 Å². The van der Waals surface area contributed by atoms with Gasteiger partial charge in [-0.25, -0.2) is 14.3 Å². The van der Waals surface area contributed by atoms with Crippen LogP contribution in [0.5, 0.6) is 0 Å². The molecule has 0 bridgehead atoms. The molecule has 1 N–H and O–H groups in total. The molecule has 0 atom stereocenters. The van der Waals surface area contributed by atoms with Crippen LogP contribution in [0, 0.1) is 13.8 Å². The van der Waals surface area contributed by atoms with Crippen molar-refractivity contribution in [1.82, 2.24) is 29.8 Å². The fourth-order valence-electron chi connectivity index (χ4n) is 3.91. The van der Waals surface area contributed by atoms with Crippen molar-refractivity contribution >= 4 is 34.0 Å². The molecule has 1 aromatic carbocycles. The maximum Gasteiger partial charge on any atom is 0.256 e. The number of para-hydroxylation sites is 2. The van der Waals surface area contributed by atoms with Crippen molar-refractivity contribution in [3.05, 3.63) is 70.3 Å². The summed E-state index contributed by atoms with van der Waals surface area (Å²) in [6, 6.07) is 11.6. The molecular weight excluding hydrogens is 434 g/mol. The van der Waals surface area contributed by atoms with Crippen LogP contribution < -0.4 is 5.32 Å². The number of hydrogen-bond acceptors (Lipinski definition) is 6. The second-order valence-corrected chi connectivity index (χ2v) is 9.58. The van der Waals surface area contributed by atoms with E-state index >= 15 is 0 Å². The van der Waals surface area contributed by atoms with E-state index in [1.54, 1.807) is 34.6 Å². The summed E-state index contributed by atoms with van der Waals surface area (Å²) in [7, 11) is 0. The predicted octanol–water partition coefficient (Wildman–Crippen LogP) is 5.19. The first-order valence-corrected chi connectivity index (χ1v) is 11.5. The lowest BCUT2D eigenvalue weighted by molar-refractivity contribution is 0.102. The van der Waals surface area contributed by atoms with Crippen LogP contribution in [0.4, 0.5) is 5.69 Å². The molecular formula is C24H23N7OS. The smallest absolute Gasteiger partial charge is 0.256 e. The molecule has 0 radical (unpaired) electrons. The Kier molecular flexibility index (Phi) is 5.26. The number of anilines is 1. The van der Waals surface area contributed by atoms with E-state index in [4.69, 9.17) is 4.98 Å². The SMILES string of the molecule is Cc1cc(-c2cc(C(=O)Nc3ccccc3-n3ccnn3)c3cnn(C(C)C)c3n2)c(C)s1. The average molecular weight is 458 g/mol. The van der Waals surface area contributed by atoms with Gasteiger partial charge in [-0.05, 0) is 52.0 Å². The summed E-state index contributed by atoms with van der Waals surface area (Å²) in [5.74, 6) is -0.232. The fraction of sp³-hybridized carbons (Fsp3) is 0.208. The minimum Gasteiger partial charge on any atom is -0.320 e. The van der Waals surface area contributed by atoms with Gasteiger partial charge in [0, 0.05) is 21.4 Å². The maximum absolute atomic E-state index is 13.6. The minimum absolute atomic E-state index is 0.111. The van der Waals surface area contributed by atoms with Gasteiger partial charge < -0.3 is 5.32 Å². The maximum atomic E-state index is 13.6. The van der Waals surface area contributed by atoms with Crippen molar-refractivity contribution in [2.24, 2.45) is 0 Å². The third-order valence-corrected chi connectivity index (χ3v) is 6.40. The number of carbonyl (C=O) groups is 1. The molecule has 9 heteroatoms. The molecule has 4 aromatic heterocycles. The number of nitrogens with zero attached hydrogens (tertiary/aromatic N) is 6. The number of nitrogens with one attached hydrogen (secondary N) is 1. The van der Waals surface area contributed by atoms with Crippen molar-refractivity contribution in [3.63, 3.8) is 0 Å². The number of pyridine rings is 1. The molecule has 33 heavy (non-hydrogen) atoms. The van der Waals surface area contributed by atoms with E-state index in [0.29, 0.717) is 22.3 Å². The van der Waals surface area contributed by atoms with Crippen LogP contribution in [-0.4, -0.2) is 35.7 Å².